The highest BCUT2D eigenvalue weighted by atomic mass is 16.5. The third kappa shape index (κ3) is 1.99. The Hall–Kier alpha value is -1.83. The summed E-state index contributed by atoms with van der Waals surface area (Å²) in [6, 6.07) is 5.72. The molecular weight excluding hydrogens is 232 g/mol. The van der Waals surface area contributed by atoms with Crippen molar-refractivity contribution in [1.82, 2.24) is 5.32 Å². The Bertz CT molecular complexity index is 482. The van der Waals surface area contributed by atoms with Crippen molar-refractivity contribution >= 4 is 23.0 Å². The number of hydrogen-bond donors (Lipinski definition) is 4. The molecule has 2 heterocycles. The van der Waals surface area contributed by atoms with Gasteiger partial charge in [0, 0.05) is 37.9 Å². The van der Waals surface area contributed by atoms with Crippen molar-refractivity contribution in [2.45, 2.75) is 0 Å². The number of nitrogens with zero attached hydrogens (tertiary/aromatic N) is 2. The quantitative estimate of drug-likeness (QED) is 0.467. The fourth-order valence-corrected chi connectivity index (χ4v) is 2.28. The van der Waals surface area contributed by atoms with Crippen LogP contribution in [0.15, 0.2) is 23.3 Å². The highest BCUT2D eigenvalue weighted by Crippen LogP contribution is 2.26. The second kappa shape index (κ2) is 4.45. The molecule has 5 N–H and O–H groups in total. The summed E-state index contributed by atoms with van der Waals surface area (Å²) in [7, 11) is 0. The van der Waals surface area contributed by atoms with E-state index in [2.05, 4.69) is 20.6 Å². The highest BCUT2D eigenvalue weighted by molar-refractivity contribution is 5.96. The molecule has 1 unspecified atom stereocenters. The molecule has 0 amide bonds. The zero-order valence-corrected chi connectivity index (χ0v) is 9.94. The number of fused-ring (bicyclic) bond motifs is 1. The van der Waals surface area contributed by atoms with Crippen molar-refractivity contribution in [3.05, 3.63) is 23.4 Å². The van der Waals surface area contributed by atoms with Crippen LogP contribution in [0.2, 0.25) is 0 Å². The van der Waals surface area contributed by atoms with Gasteiger partial charge in [-0.3, -0.25) is 0 Å². The number of rotatable bonds is 1. The summed E-state index contributed by atoms with van der Waals surface area (Å²) in [5, 5.41) is 21.3. The zero-order chi connectivity index (χ0) is 12.5. The lowest BCUT2D eigenvalue weighted by Crippen LogP contribution is -2.98. The Morgan fingerprint density at radius 3 is 2.89 bits per heavy atom. The molecule has 0 spiro atoms. The molecule has 2 aliphatic rings. The molecule has 1 saturated heterocycles. The molecule has 1 aromatic rings. The maximum Gasteiger partial charge on any atom is 0.252 e. The summed E-state index contributed by atoms with van der Waals surface area (Å²) in [5.41, 5.74) is 7.98. The number of guanidine groups is 1. The van der Waals surface area contributed by atoms with Gasteiger partial charge in [-0.1, -0.05) is 0 Å². The average molecular weight is 248 g/mol. The largest absolute Gasteiger partial charge is 0.601 e. The molecule has 7 nitrogen and oxygen atoms in total. The van der Waals surface area contributed by atoms with Crippen LogP contribution in [0.5, 0.6) is 0 Å². The lowest BCUT2D eigenvalue weighted by Gasteiger charge is -2.31. The molecule has 3 rings (SSSR count). The summed E-state index contributed by atoms with van der Waals surface area (Å²) in [4.78, 5) is 2.28. The number of hydrogen-bond acceptors (Lipinski definition) is 6. The zero-order valence-electron chi connectivity index (χ0n) is 9.94. The third-order valence-electron chi connectivity index (χ3n) is 3.20. The van der Waals surface area contributed by atoms with Gasteiger partial charge in [0.05, 0.1) is 0 Å². The van der Waals surface area contributed by atoms with E-state index in [9.17, 15) is 5.21 Å². The first-order chi connectivity index (χ1) is 8.74. The predicted molar refractivity (Wildman–Crippen MR) is 70.8 cm³/mol. The fraction of sp³-hybridized carbons (Fsp3) is 0.364. The summed E-state index contributed by atoms with van der Waals surface area (Å²) < 4.78 is 0. The average Bonchev–Trinajstić information content (AvgIpc) is 2.39. The van der Waals surface area contributed by atoms with E-state index >= 15 is 0 Å². The molecule has 0 aliphatic carbocycles. The van der Waals surface area contributed by atoms with E-state index in [0.717, 1.165) is 37.6 Å². The van der Waals surface area contributed by atoms with Gasteiger partial charge in [0.1, 0.15) is 5.69 Å². The molecule has 18 heavy (non-hydrogen) atoms. The fourth-order valence-electron chi connectivity index (χ4n) is 2.28. The Balaban J connectivity index is 1.89. The van der Waals surface area contributed by atoms with E-state index in [1.807, 2.05) is 12.1 Å². The molecule has 0 aromatic heterocycles. The van der Waals surface area contributed by atoms with E-state index in [4.69, 9.17) is 5.73 Å². The number of piperazine rings is 1. The molecule has 1 fully saturated rings. The summed E-state index contributed by atoms with van der Waals surface area (Å²) in [6.07, 6.45) is 0. The van der Waals surface area contributed by atoms with Gasteiger partial charge in [0.2, 0.25) is 0 Å². The number of quaternary nitrogens is 1. The minimum absolute atomic E-state index is 0.157. The Labute approximate surface area is 105 Å². The summed E-state index contributed by atoms with van der Waals surface area (Å²) >= 11 is 0. The maximum absolute atomic E-state index is 11.7. The van der Waals surface area contributed by atoms with Gasteiger partial charge in [0.15, 0.2) is 5.69 Å². The van der Waals surface area contributed by atoms with Crippen LogP contribution in [-0.4, -0.2) is 32.1 Å². The number of anilines is 2. The van der Waals surface area contributed by atoms with Crippen molar-refractivity contribution < 1.29 is 5.17 Å². The summed E-state index contributed by atoms with van der Waals surface area (Å²) in [6.45, 7) is 3.90. The van der Waals surface area contributed by atoms with Crippen LogP contribution in [0.25, 0.3) is 0 Å². The van der Waals surface area contributed by atoms with Crippen molar-refractivity contribution in [2.24, 2.45) is 10.8 Å². The molecule has 0 radical (unpaired) electrons. The van der Waals surface area contributed by atoms with Gasteiger partial charge < -0.3 is 26.5 Å². The SMILES string of the molecule is NC1=N[NH+]([O-])c2ccc(N3CCNCC3)cc2N1. The van der Waals surface area contributed by atoms with E-state index in [1.165, 1.54) is 0 Å². The Morgan fingerprint density at radius 2 is 2.11 bits per heavy atom. The first-order valence-electron chi connectivity index (χ1n) is 5.99. The minimum Gasteiger partial charge on any atom is -0.601 e. The minimum atomic E-state index is -0.284. The van der Waals surface area contributed by atoms with E-state index in [-0.39, 0.29) is 11.1 Å². The molecular formula is C11H16N6O. The van der Waals surface area contributed by atoms with Crippen LogP contribution in [-0.2, 0) is 0 Å². The predicted octanol–water partition coefficient (Wildman–Crippen LogP) is -1.23. The molecule has 1 atom stereocenters. The summed E-state index contributed by atoms with van der Waals surface area (Å²) in [5.74, 6) is 0.157. The van der Waals surface area contributed by atoms with Crippen LogP contribution >= 0.6 is 0 Å². The van der Waals surface area contributed by atoms with Crippen LogP contribution in [0.4, 0.5) is 17.1 Å². The van der Waals surface area contributed by atoms with E-state index in [1.54, 1.807) is 6.07 Å². The van der Waals surface area contributed by atoms with Crippen LogP contribution < -0.4 is 26.4 Å². The van der Waals surface area contributed by atoms with Gasteiger partial charge in [-0.25, -0.2) is 5.17 Å². The molecule has 0 bridgehead atoms. The molecule has 7 heteroatoms. The standard InChI is InChI=1S/C11H16N6O/c12-11-14-9-7-8(16-5-3-13-4-6-16)1-2-10(9)17(18)15-11/h1-2,7,13,17H,3-6H2,(H3,12,14,15). The molecule has 96 valence electrons. The maximum atomic E-state index is 11.7. The van der Waals surface area contributed by atoms with Crippen molar-refractivity contribution in [1.29, 1.82) is 0 Å². The van der Waals surface area contributed by atoms with Crippen LogP contribution in [0, 0.1) is 5.21 Å². The lowest BCUT2D eigenvalue weighted by atomic mass is 10.2. The topological polar surface area (TPSA) is 93.2 Å². The van der Waals surface area contributed by atoms with Gasteiger partial charge in [-0.15, -0.1) is 0 Å². The monoisotopic (exact) mass is 248 g/mol. The number of nitrogens with one attached hydrogen (secondary N) is 3. The number of nitrogens with two attached hydrogens (primary N) is 1. The normalized spacial score (nSPS) is 23.1. The molecule has 0 saturated carbocycles. The second-order valence-electron chi connectivity index (χ2n) is 4.39. The third-order valence-corrected chi connectivity index (χ3v) is 3.20. The van der Waals surface area contributed by atoms with Crippen molar-refractivity contribution in [3.63, 3.8) is 0 Å². The Kier molecular flexibility index (Phi) is 2.78. The van der Waals surface area contributed by atoms with E-state index in [0.29, 0.717) is 5.69 Å². The lowest BCUT2D eigenvalue weighted by molar-refractivity contribution is -0.783. The number of benzene rings is 1. The smallest absolute Gasteiger partial charge is 0.252 e. The van der Waals surface area contributed by atoms with Gasteiger partial charge in [0.25, 0.3) is 5.96 Å². The first-order valence-corrected chi connectivity index (χ1v) is 5.99. The van der Waals surface area contributed by atoms with Crippen LogP contribution in [0.3, 0.4) is 0 Å². The van der Waals surface area contributed by atoms with Crippen molar-refractivity contribution in [2.75, 3.05) is 36.4 Å². The molecule has 2 aliphatic heterocycles. The first kappa shape index (κ1) is 11.3. The van der Waals surface area contributed by atoms with Gasteiger partial charge in [-0.05, 0) is 17.2 Å². The van der Waals surface area contributed by atoms with Crippen molar-refractivity contribution in [3.8, 4) is 0 Å². The van der Waals surface area contributed by atoms with Gasteiger partial charge >= 0.3 is 0 Å². The highest BCUT2D eigenvalue weighted by Gasteiger charge is 2.19. The second-order valence-corrected chi connectivity index (χ2v) is 4.39. The van der Waals surface area contributed by atoms with Gasteiger partial charge in [-0.2, -0.15) is 0 Å². The van der Waals surface area contributed by atoms with E-state index < -0.39 is 0 Å². The van der Waals surface area contributed by atoms with Crippen LogP contribution in [0.1, 0.15) is 0 Å². The Morgan fingerprint density at radius 1 is 1.33 bits per heavy atom. The molecule has 1 aromatic carbocycles.